The Labute approximate surface area is 99.1 Å². The molecule has 0 aliphatic rings. The molecule has 0 unspecified atom stereocenters. The van der Waals surface area contributed by atoms with Crippen LogP contribution in [0.4, 0.5) is 0 Å². The van der Waals surface area contributed by atoms with Gasteiger partial charge in [-0.1, -0.05) is 36.4 Å². The lowest BCUT2D eigenvalue weighted by Gasteiger charge is -1.97. The fourth-order valence-corrected chi connectivity index (χ4v) is 2.09. The number of benzene rings is 1. The molecule has 2 aromatic rings. The average Bonchev–Trinajstić information content (AvgIpc) is 2.81. The van der Waals surface area contributed by atoms with Crippen LogP contribution >= 0.6 is 11.3 Å². The van der Waals surface area contributed by atoms with Gasteiger partial charge in [-0.2, -0.15) is 0 Å². The molecule has 16 heavy (non-hydrogen) atoms. The summed E-state index contributed by atoms with van der Waals surface area (Å²) < 4.78 is 0. The molecule has 80 valence electrons. The molecular weight excluding hydrogens is 216 g/mol. The second-order valence-electron chi connectivity index (χ2n) is 3.53. The van der Waals surface area contributed by atoms with E-state index in [4.69, 9.17) is 0 Å². The van der Waals surface area contributed by atoms with Gasteiger partial charge in [-0.15, -0.1) is 11.3 Å². The summed E-state index contributed by atoms with van der Waals surface area (Å²) in [5, 5.41) is 1.91. The van der Waals surface area contributed by atoms with Gasteiger partial charge in [0.05, 0.1) is 4.88 Å². The highest BCUT2D eigenvalue weighted by atomic mass is 32.1. The third-order valence-electron chi connectivity index (χ3n) is 2.37. The molecule has 0 aliphatic carbocycles. The number of carbonyl (C=O) groups excluding carboxylic acids is 1. The van der Waals surface area contributed by atoms with Crippen molar-refractivity contribution in [3.8, 4) is 0 Å². The van der Waals surface area contributed by atoms with E-state index >= 15 is 0 Å². The number of thiophene rings is 1. The molecule has 1 aromatic heterocycles. The Morgan fingerprint density at radius 1 is 1.19 bits per heavy atom. The lowest BCUT2D eigenvalue weighted by molar-refractivity contribution is 0.105. The first kappa shape index (κ1) is 10.8. The van der Waals surface area contributed by atoms with Crippen molar-refractivity contribution >= 4 is 23.2 Å². The number of carbonyl (C=O) groups is 1. The minimum atomic E-state index is 0.0678. The molecule has 2 heteroatoms. The summed E-state index contributed by atoms with van der Waals surface area (Å²) in [6.07, 6.45) is 3.51. The van der Waals surface area contributed by atoms with Crippen molar-refractivity contribution in [1.82, 2.24) is 0 Å². The van der Waals surface area contributed by atoms with Crippen molar-refractivity contribution in [3.05, 3.63) is 63.9 Å². The van der Waals surface area contributed by atoms with Crippen LogP contribution in [-0.2, 0) is 0 Å². The summed E-state index contributed by atoms with van der Waals surface area (Å²) >= 11 is 1.47. The maximum Gasteiger partial charge on any atom is 0.195 e. The van der Waals surface area contributed by atoms with Gasteiger partial charge in [-0.05, 0) is 35.6 Å². The Morgan fingerprint density at radius 2 is 2.00 bits per heavy atom. The van der Waals surface area contributed by atoms with Crippen LogP contribution in [0.25, 0.3) is 6.08 Å². The third kappa shape index (κ3) is 2.47. The first-order valence-electron chi connectivity index (χ1n) is 5.09. The molecular formula is C14H12OS. The molecule has 2 rings (SSSR count). The molecule has 0 spiro atoms. The van der Waals surface area contributed by atoms with Crippen LogP contribution in [-0.4, -0.2) is 5.78 Å². The normalized spacial score (nSPS) is 10.8. The van der Waals surface area contributed by atoms with Crippen LogP contribution in [0, 0.1) is 6.92 Å². The minimum absolute atomic E-state index is 0.0678. The zero-order valence-electron chi connectivity index (χ0n) is 9.01. The fraction of sp³-hybridized carbons (Fsp3) is 0.0714. The fourth-order valence-electron chi connectivity index (χ4n) is 1.44. The van der Waals surface area contributed by atoms with E-state index in [0.29, 0.717) is 0 Å². The molecule has 0 amide bonds. The van der Waals surface area contributed by atoms with Gasteiger partial charge in [0.1, 0.15) is 0 Å². The highest BCUT2D eigenvalue weighted by Gasteiger charge is 2.01. The third-order valence-corrected chi connectivity index (χ3v) is 3.25. The number of hydrogen-bond acceptors (Lipinski definition) is 2. The van der Waals surface area contributed by atoms with Crippen LogP contribution < -0.4 is 0 Å². The van der Waals surface area contributed by atoms with Crippen molar-refractivity contribution < 1.29 is 4.79 Å². The van der Waals surface area contributed by atoms with E-state index in [1.165, 1.54) is 16.9 Å². The van der Waals surface area contributed by atoms with Crippen LogP contribution in [0.2, 0.25) is 0 Å². The van der Waals surface area contributed by atoms with E-state index < -0.39 is 0 Å². The summed E-state index contributed by atoms with van der Waals surface area (Å²) in [6, 6.07) is 11.7. The highest BCUT2D eigenvalue weighted by Crippen LogP contribution is 2.13. The molecule has 0 bridgehead atoms. The smallest absolute Gasteiger partial charge is 0.195 e. The molecule has 0 saturated carbocycles. The largest absolute Gasteiger partial charge is 0.288 e. The van der Waals surface area contributed by atoms with Crippen LogP contribution in [0.1, 0.15) is 20.8 Å². The highest BCUT2D eigenvalue weighted by molar-refractivity contribution is 7.12. The van der Waals surface area contributed by atoms with Crippen LogP contribution in [0.3, 0.4) is 0 Å². The number of hydrogen-bond donors (Lipinski definition) is 0. The number of allylic oxidation sites excluding steroid dienone is 1. The Balaban J connectivity index is 2.16. The maximum absolute atomic E-state index is 11.7. The summed E-state index contributed by atoms with van der Waals surface area (Å²) in [5.41, 5.74) is 2.27. The van der Waals surface area contributed by atoms with Gasteiger partial charge in [0.15, 0.2) is 5.78 Å². The van der Waals surface area contributed by atoms with Crippen LogP contribution in [0.15, 0.2) is 47.9 Å². The van der Waals surface area contributed by atoms with Crippen molar-refractivity contribution in [1.29, 1.82) is 0 Å². The second-order valence-corrected chi connectivity index (χ2v) is 4.48. The van der Waals surface area contributed by atoms with E-state index in [0.717, 1.165) is 10.4 Å². The van der Waals surface area contributed by atoms with E-state index in [9.17, 15) is 4.79 Å². The van der Waals surface area contributed by atoms with E-state index in [1.54, 1.807) is 6.08 Å². The first-order chi connectivity index (χ1) is 7.77. The zero-order chi connectivity index (χ0) is 11.4. The predicted octanol–water partition coefficient (Wildman–Crippen LogP) is 3.95. The maximum atomic E-state index is 11.7. The topological polar surface area (TPSA) is 17.1 Å². The van der Waals surface area contributed by atoms with Gasteiger partial charge in [-0.25, -0.2) is 0 Å². The SMILES string of the molecule is Cc1ccccc1C=CC(=O)c1cccs1. The lowest BCUT2D eigenvalue weighted by atomic mass is 10.1. The standard InChI is InChI=1S/C14H12OS/c1-11-5-2-3-6-12(11)8-9-13(15)14-7-4-10-16-14/h2-10H,1H3. The van der Waals surface area contributed by atoms with Gasteiger partial charge in [0, 0.05) is 0 Å². The first-order valence-corrected chi connectivity index (χ1v) is 5.97. The molecule has 0 fully saturated rings. The monoisotopic (exact) mass is 228 g/mol. The van der Waals surface area contributed by atoms with Gasteiger partial charge < -0.3 is 0 Å². The second kappa shape index (κ2) is 4.90. The molecule has 1 nitrogen and oxygen atoms in total. The number of ketones is 1. The summed E-state index contributed by atoms with van der Waals surface area (Å²) in [7, 11) is 0. The average molecular weight is 228 g/mol. The Kier molecular flexibility index (Phi) is 3.32. The van der Waals surface area contributed by atoms with Gasteiger partial charge >= 0.3 is 0 Å². The van der Waals surface area contributed by atoms with E-state index in [-0.39, 0.29) is 5.78 Å². The molecule has 0 saturated heterocycles. The molecule has 0 atom stereocenters. The summed E-state index contributed by atoms with van der Waals surface area (Å²) in [5.74, 6) is 0.0678. The summed E-state index contributed by atoms with van der Waals surface area (Å²) in [4.78, 5) is 12.5. The molecule has 1 aromatic carbocycles. The van der Waals surface area contributed by atoms with Crippen molar-refractivity contribution in [2.45, 2.75) is 6.92 Å². The zero-order valence-corrected chi connectivity index (χ0v) is 9.83. The molecule has 0 N–H and O–H groups in total. The molecule has 0 radical (unpaired) electrons. The minimum Gasteiger partial charge on any atom is -0.288 e. The number of aryl methyl sites for hydroxylation is 1. The van der Waals surface area contributed by atoms with Gasteiger partial charge in [-0.3, -0.25) is 4.79 Å². The molecule has 0 aliphatic heterocycles. The van der Waals surface area contributed by atoms with E-state index in [2.05, 4.69) is 0 Å². The number of rotatable bonds is 3. The quantitative estimate of drug-likeness (QED) is 0.574. The van der Waals surface area contributed by atoms with Crippen molar-refractivity contribution in [2.24, 2.45) is 0 Å². The Bertz CT molecular complexity index is 509. The molecule has 1 heterocycles. The lowest BCUT2D eigenvalue weighted by Crippen LogP contribution is -1.89. The summed E-state index contributed by atoms with van der Waals surface area (Å²) in [6.45, 7) is 2.04. The Hall–Kier alpha value is -1.67. The van der Waals surface area contributed by atoms with Gasteiger partial charge in [0.25, 0.3) is 0 Å². The van der Waals surface area contributed by atoms with Crippen LogP contribution in [0.5, 0.6) is 0 Å². The van der Waals surface area contributed by atoms with Gasteiger partial charge in [0.2, 0.25) is 0 Å². The predicted molar refractivity (Wildman–Crippen MR) is 68.9 cm³/mol. The van der Waals surface area contributed by atoms with Crippen molar-refractivity contribution in [3.63, 3.8) is 0 Å². The van der Waals surface area contributed by atoms with E-state index in [1.807, 2.05) is 54.8 Å². The Morgan fingerprint density at radius 3 is 2.69 bits per heavy atom. The van der Waals surface area contributed by atoms with Crippen molar-refractivity contribution in [2.75, 3.05) is 0 Å².